The van der Waals surface area contributed by atoms with Crippen molar-refractivity contribution in [2.24, 2.45) is 4.99 Å². The number of rotatable bonds is 5. The molecule has 3 aromatic rings. The van der Waals surface area contributed by atoms with Crippen molar-refractivity contribution in [2.75, 3.05) is 7.11 Å². The molecule has 0 amide bonds. The van der Waals surface area contributed by atoms with Gasteiger partial charge in [-0.15, -0.1) is 0 Å². The molecule has 0 saturated heterocycles. The molecule has 0 aliphatic heterocycles. The number of hydrogen-bond donors (Lipinski definition) is 1. The van der Waals surface area contributed by atoms with Gasteiger partial charge in [0.2, 0.25) is 0 Å². The lowest BCUT2D eigenvalue weighted by molar-refractivity contribution is -0.384. The van der Waals surface area contributed by atoms with Gasteiger partial charge in [0.1, 0.15) is 5.69 Å². The zero-order chi connectivity index (χ0) is 19.6. The Morgan fingerprint density at radius 3 is 2.56 bits per heavy atom. The summed E-state index contributed by atoms with van der Waals surface area (Å²) in [7, 11) is 1.48. The summed E-state index contributed by atoms with van der Waals surface area (Å²) in [4.78, 5) is 14.9. The molecule has 0 aliphatic rings. The maximum absolute atomic E-state index is 10.8. The highest BCUT2D eigenvalue weighted by atomic mass is 16.6. The number of phenols is 1. The third kappa shape index (κ3) is 3.64. The molecule has 8 heteroatoms. The molecular formula is C19H18N4O4. The lowest BCUT2D eigenvalue weighted by Gasteiger charge is -2.04. The van der Waals surface area contributed by atoms with Gasteiger partial charge in [0, 0.05) is 18.3 Å². The summed E-state index contributed by atoms with van der Waals surface area (Å²) in [5.74, 6) is 0.432. The number of benzene rings is 2. The third-order valence-electron chi connectivity index (χ3n) is 4.10. The first-order valence-electron chi connectivity index (χ1n) is 8.13. The standard InChI is InChI=1S/C19H18N4O4/c1-12-19(20-11-14-4-9-17(24)18(10-14)27-3)13(2)22(21-12)15-5-7-16(8-6-15)23(25)26/h4-11,24H,1-3H3. The number of aromatic hydroxyl groups is 1. The van der Waals surface area contributed by atoms with Crippen LogP contribution in [0.4, 0.5) is 11.4 Å². The van der Waals surface area contributed by atoms with Crippen LogP contribution in [0.15, 0.2) is 47.5 Å². The Morgan fingerprint density at radius 2 is 1.93 bits per heavy atom. The van der Waals surface area contributed by atoms with E-state index in [0.29, 0.717) is 17.1 Å². The summed E-state index contributed by atoms with van der Waals surface area (Å²) in [6.07, 6.45) is 1.67. The summed E-state index contributed by atoms with van der Waals surface area (Å²) in [5, 5.41) is 25.0. The van der Waals surface area contributed by atoms with Gasteiger partial charge in [0.05, 0.1) is 29.1 Å². The highest BCUT2D eigenvalue weighted by molar-refractivity contribution is 5.83. The molecule has 8 nitrogen and oxygen atoms in total. The Labute approximate surface area is 155 Å². The Bertz CT molecular complexity index is 1020. The molecule has 3 rings (SSSR count). The average molecular weight is 366 g/mol. The van der Waals surface area contributed by atoms with Gasteiger partial charge >= 0.3 is 0 Å². The Kier molecular flexibility index (Phi) is 4.89. The normalized spacial score (nSPS) is 11.1. The summed E-state index contributed by atoms with van der Waals surface area (Å²) in [6, 6.07) is 11.1. The summed E-state index contributed by atoms with van der Waals surface area (Å²) < 4.78 is 6.80. The molecule has 0 bridgehead atoms. The monoisotopic (exact) mass is 366 g/mol. The van der Waals surface area contributed by atoms with Crippen LogP contribution in [0.2, 0.25) is 0 Å². The van der Waals surface area contributed by atoms with E-state index in [4.69, 9.17) is 4.74 Å². The fraction of sp³-hybridized carbons (Fsp3) is 0.158. The maximum Gasteiger partial charge on any atom is 0.269 e. The smallest absolute Gasteiger partial charge is 0.269 e. The number of hydrogen-bond acceptors (Lipinski definition) is 6. The largest absolute Gasteiger partial charge is 0.504 e. The van der Waals surface area contributed by atoms with Crippen molar-refractivity contribution in [1.82, 2.24) is 9.78 Å². The topological polar surface area (TPSA) is 103 Å². The van der Waals surface area contributed by atoms with Gasteiger partial charge < -0.3 is 9.84 Å². The quantitative estimate of drug-likeness (QED) is 0.419. The number of methoxy groups -OCH3 is 1. The fourth-order valence-corrected chi connectivity index (χ4v) is 2.70. The average Bonchev–Trinajstić information content (AvgIpc) is 2.95. The summed E-state index contributed by atoms with van der Waals surface area (Å²) >= 11 is 0. The first-order valence-corrected chi connectivity index (χ1v) is 8.13. The van der Waals surface area contributed by atoms with Gasteiger partial charge in [-0.3, -0.25) is 15.1 Å². The van der Waals surface area contributed by atoms with E-state index in [1.807, 2.05) is 13.8 Å². The molecule has 0 saturated carbocycles. The van der Waals surface area contributed by atoms with Crippen molar-refractivity contribution < 1.29 is 14.8 Å². The SMILES string of the molecule is COc1cc(C=Nc2c(C)nn(-c3ccc([N+](=O)[O-])cc3)c2C)ccc1O. The number of aromatic nitrogens is 2. The van der Waals surface area contributed by atoms with Crippen molar-refractivity contribution in [2.45, 2.75) is 13.8 Å². The molecule has 0 atom stereocenters. The number of nitrogens with zero attached hydrogens (tertiary/aromatic N) is 4. The Balaban J connectivity index is 1.93. The number of aryl methyl sites for hydroxylation is 1. The predicted octanol–water partition coefficient (Wildman–Crippen LogP) is 3.86. The number of nitro benzene ring substituents is 1. The van der Waals surface area contributed by atoms with Crippen LogP contribution >= 0.6 is 0 Å². The summed E-state index contributed by atoms with van der Waals surface area (Å²) in [6.45, 7) is 3.73. The second-order valence-electron chi connectivity index (χ2n) is 5.89. The molecular weight excluding hydrogens is 348 g/mol. The van der Waals surface area contributed by atoms with Crippen LogP contribution < -0.4 is 4.74 Å². The van der Waals surface area contributed by atoms with Crippen molar-refractivity contribution in [3.8, 4) is 17.2 Å². The van der Waals surface area contributed by atoms with E-state index in [1.165, 1.54) is 19.2 Å². The van der Waals surface area contributed by atoms with E-state index >= 15 is 0 Å². The van der Waals surface area contributed by atoms with Gasteiger partial charge in [0.25, 0.3) is 5.69 Å². The molecule has 27 heavy (non-hydrogen) atoms. The minimum absolute atomic E-state index is 0.0276. The highest BCUT2D eigenvalue weighted by Gasteiger charge is 2.13. The van der Waals surface area contributed by atoms with Crippen molar-refractivity contribution >= 4 is 17.6 Å². The molecule has 1 heterocycles. The van der Waals surface area contributed by atoms with Crippen molar-refractivity contribution in [1.29, 1.82) is 0 Å². The Morgan fingerprint density at radius 1 is 1.22 bits per heavy atom. The second-order valence-corrected chi connectivity index (χ2v) is 5.89. The zero-order valence-electron chi connectivity index (χ0n) is 15.1. The van der Waals surface area contributed by atoms with Crippen molar-refractivity contribution in [3.63, 3.8) is 0 Å². The second kappa shape index (κ2) is 7.28. The van der Waals surface area contributed by atoms with E-state index in [1.54, 1.807) is 41.2 Å². The molecule has 0 spiro atoms. The van der Waals surface area contributed by atoms with Crippen LogP contribution in [0.1, 0.15) is 17.0 Å². The lowest BCUT2D eigenvalue weighted by Crippen LogP contribution is -1.99. The number of ether oxygens (including phenoxy) is 1. The maximum atomic E-state index is 10.8. The third-order valence-corrected chi connectivity index (χ3v) is 4.10. The van der Waals surface area contributed by atoms with Gasteiger partial charge in [-0.2, -0.15) is 5.10 Å². The first-order chi connectivity index (χ1) is 12.9. The number of aliphatic imine (C=N–C) groups is 1. The molecule has 138 valence electrons. The fourth-order valence-electron chi connectivity index (χ4n) is 2.70. The van der Waals surface area contributed by atoms with Gasteiger partial charge in [0.15, 0.2) is 11.5 Å². The van der Waals surface area contributed by atoms with E-state index in [-0.39, 0.29) is 11.4 Å². The molecule has 0 fully saturated rings. The number of non-ortho nitro benzene ring substituents is 1. The van der Waals surface area contributed by atoms with E-state index in [2.05, 4.69) is 10.1 Å². The molecule has 0 aliphatic carbocycles. The summed E-state index contributed by atoms with van der Waals surface area (Å²) in [5.41, 5.74) is 3.76. The van der Waals surface area contributed by atoms with Crippen LogP contribution in [-0.2, 0) is 0 Å². The zero-order valence-corrected chi connectivity index (χ0v) is 15.1. The molecule has 0 radical (unpaired) electrons. The number of nitro groups is 1. The van der Waals surface area contributed by atoms with Gasteiger partial charge in [-0.25, -0.2) is 4.68 Å². The number of phenolic OH excluding ortho intramolecular Hbond substituents is 1. The van der Waals surface area contributed by atoms with E-state index < -0.39 is 4.92 Å². The lowest BCUT2D eigenvalue weighted by atomic mass is 10.2. The highest BCUT2D eigenvalue weighted by Crippen LogP contribution is 2.28. The minimum atomic E-state index is -0.438. The van der Waals surface area contributed by atoms with E-state index in [9.17, 15) is 15.2 Å². The predicted molar refractivity (Wildman–Crippen MR) is 102 cm³/mol. The minimum Gasteiger partial charge on any atom is -0.504 e. The van der Waals surface area contributed by atoms with Crippen LogP contribution in [0.25, 0.3) is 5.69 Å². The molecule has 1 aromatic heterocycles. The van der Waals surface area contributed by atoms with Gasteiger partial charge in [-0.1, -0.05) is 0 Å². The first kappa shape index (κ1) is 18.1. The van der Waals surface area contributed by atoms with Gasteiger partial charge in [-0.05, 0) is 49.7 Å². The van der Waals surface area contributed by atoms with Crippen LogP contribution in [0, 0.1) is 24.0 Å². The van der Waals surface area contributed by atoms with Crippen LogP contribution in [0.5, 0.6) is 11.5 Å². The molecule has 0 unspecified atom stereocenters. The molecule has 2 aromatic carbocycles. The van der Waals surface area contributed by atoms with E-state index in [0.717, 1.165) is 17.0 Å². The van der Waals surface area contributed by atoms with Crippen LogP contribution in [0.3, 0.4) is 0 Å². The van der Waals surface area contributed by atoms with Crippen LogP contribution in [-0.4, -0.2) is 33.1 Å². The van der Waals surface area contributed by atoms with Crippen molar-refractivity contribution in [3.05, 3.63) is 69.5 Å². The Hall–Kier alpha value is -3.68. The molecule has 1 N–H and O–H groups in total.